The molecule has 0 bridgehead atoms. The average molecular weight is 277 g/mol. The SMILES string of the molecule is CCCOc1ccc(CN2CCCC(CC)C2)c(O)c1. The Morgan fingerprint density at radius 1 is 1.35 bits per heavy atom. The minimum absolute atomic E-state index is 0.359. The molecule has 1 aromatic carbocycles. The van der Waals surface area contributed by atoms with Crippen LogP contribution in [0.2, 0.25) is 0 Å². The lowest BCUT2D eigenvalue weighted by Gasteiger charge is -2.32. The van der Waals surface area contributed by atoms with Crippen LogP contribution in [0.5, 0.6) is 11.5 Å². The van der Waals surface area contributed by atoms with E-state index >= 15 is 0 Å². The highest BCUT2D eigenvalue weighted by Crippen LogP contribution is 2.27. The van der Waals surface area contributed by atoms with E-state index in [2.05, 4.69) is 18.7 Å². The van der Waals surface area contributed by atoms with Crippen LogP contribution in [0.15, 0.2) is 18.2 Å². The number of rotatable bonds is 6. The van der Waals surface area contributed by atoms with E-state index in [4.69, 9.17) is 4.74 Å². The van der Waals surface area contributed by atoms with E-state index in [0.717, 1.165) is 43.3 Å². The summed E-state index contributed by atoms with van der Waals surface area (Å²) in [6, 6.07) is 5.70. The molecule has 1 aliphatic rings. The third-order valence-corrected chi connectivity index (χ3v) is 4.10. The molecule has 1 heterocycles. The number of ether oxygens (including phenoxy) is 1. The van der Waals surface area contributed by atoms with Crippen LogP contribution in [0.3, 0.4) is 0 Å². The van der Waals surface area contributed by atoms with E-state index in [1.807, 2.05) is 12.1 Å². The van der Waals surface area contributed by atoms with Crippen LogP contribution in [0, 0.1) is 5.92 Å². The Labute approximate surface area is 122 Å². The third kappa shape index (κ3) is 4.14. The third-order valence-electron chi connectivity index (χ3n) is 4.10. The molecule has 0 spiro atoms. The first-order chi connectivity index (χ1) is 9.72. The first-order valence-corrected chi connectivity index (χ1v) is 7.90. The normalized spacial score (nSPS) is 20.0. The fourth-order valence-corrected chi connectivity index (χ4v) is 2.86. The predicted molar refractivity (Wildman–Crippen MR) is 82.2 cm³/mol. The van der Waals surface area contributed by atoms with Crippen molar-refractivity contribution in [2.24, 2.45) is 5.92 Å². The van der Waals surface area contributed by atoms with Crippen molar-refractivity contribution < 1.29 is 9.84 Å². The number of hydrogen-bond donors (Lipinski definition) is 1. The van der Waals surface area contributed by atoms with Gasteiger partial charge in [-0.25, -0.2) is 0 Å². The highest BCUT2D eigenvalue weighted by Gasteiger charge is 2.19. The molecule has 1 saturated heterocycles. The van der Waals surface area contributed by atoms with Crippen LogP contribution >= 0.6 is 0 Å². The maximum atomic E-state index is 10.1. The minimum Gasteiger partial charge on any atom is -0.507 e. The maximum absolute atomic E-state index is 10.1. The van der Waals surface area contributed by atoms with Crippen LogP contribution in [0.4, 0.5) is 0 Å². The molecule has 2 rings (SSSR count). The number of nitrogens with zero attached hydrogens (tertiary/aromatic N) is 1. The largest absolute Gasteiger partial charge is 0.507 e. The molecule has 1 aromatic rings. The summed E-state index contributed by atoms with van der Waals surface area (Å²) in [6.45, 7) is 8.19. The molecule has 3 nitrogen and oxygen atoms in total. The van der Waals surface area contributed by atoms with Crippen molar-refractivity contribution in [1.29, 1.82) is 0 Å². The lowest BCUT2D eigenvalue weighted by molar-refractivity contribution is 0.163. The van der Waals surface area contributed by atoms with Gasteiger partial charge in [0.25, 0.3) is 0 Å². The van der Waals surface area contributed by atoms with Gasteiger partial charge in [-0.05, 0) is 37.8 Å². The number of phenols is 1. The molecular formula is C17H27NO2. The van der Waals surface area contributed by atoms with Gasteiger partial charge >= 0.3 is 0 Å². The monoisotopic (exact) mass is 277 g/mol. The lowest BCUT2D eigenvalue weighted by atomic mass is 9.95. The quantitative estimate of drug-likeness (QED) is 0.858. The van der Waals surface area contributed by atoms with Crippen molar-refractivity contribution in [3.63, 3.8) is 0 Å². The summed E-state index contributed by atoms with van der Waals surface area (Å²) in [7, 11) is 0. The summed E-state index contributed by atoms with van der Waals surface area (Å²) in [5.41, 5.74) is 1.01. The Morgan fingerprint density at radius 2 is 2.20 bits per heavy atom. The molecule has 112 valence electrons. The molecule has 1 fully saturated rings. The average Bonchev–Trinajstić information content (AvgIpc) is 2.48. The van der Waals surface area contributed by atoms with Crippen molar-refractivity contribution in [2.45, 2.75) is 46.1 Å². The van der Waals surface area contributed by atoms with E-state index in [1.165, 1.54) is 19.3 Å². The van der Waals surface area contributed by atoms with Gasteiger partial charge in [0, 0.05) is 24.7 Å². The molecule has 0 radical (unpaired) electrons. The summed E-state index contributed by atoms with van der Waals surface area (Å²) < 4.78 is 5.54. The van der Waals surface area contributed by atoms with Gasteiger partial charge in [-0.2, -0.15) is 0 Å². The molecule has 0 amide bonds. The second-order valence-corrected chi connectivity index (χ2v) is 5.79. The smallest absolute Gasteiger partial charge is 0.123 e. The van der Waals surface area contributed by atoms with Gasteiger partial charge in [0.1, 0.15) is 11.5 Å². The van der Waals surface area contributed by atoms with E-state index < -0.39 is 0 Å². The van der Waals surface area contributed by atoms with Crippen LogP contribution in [-0.4, -0.2) is 29.7 Å². The summed E-state index contributed by atoms with van der Waals surface area (Å²) in [5.74, 6) is 1.94. The zero-order chi connectivity index (χ0) is 14.4. The number of aromatic hydroxyl groups is 1. The molecule has 1 N–H and O–H groups in total. The minimum atomic E-state index is 0.359. The molecule has 1 atom stereocenters. The fourth-order valence-electron chi connectivity index (χ4n) is 2.86. The number of benzene rings is 1. The fraction of sp³-hybridized carbons (Fsp3) is 0.647. The summed E-state index contributed by atoms with van der Waals surface area (Å²) in [6.07, 6.45) is 4.86. The van der Waals surface area contributed by atoms with Crippen LogP contribution in [0.25, 0.3) is 0 Å². The van der Waals surface area contributed by atoms with Crippen molar-refractivity contribution in [2.75, 3.05) is 19.7 Å². The van der Waals surface area contributed by atoms with Crippen molar-refractivity contribution >= 4 is 0 Å². The number of phenolic OH excluding ortho intramolecular Hbond substituents is 1. The van der Waals surface area contributed by atoms with Gasteiger partial charge < -0.3 is 9.84 Å². The van der Waals surface area contributed by atoms with E-state index in [0.29, 0.717) is 12.4 Å². The van der Waals surface area contributed by atoms with Gasteiger partial charge in [0.05, 0.1) is 6.61 Å². The predicted octanol–water partition coefficient (Wildman–Crippen LogP) is 3.80. The summed E-state index contributed by atoms with van der Waals surface area (Å²) in [4.78, 5) is 2.46. The van der Waals surface area contributed by atoms with Crippen molar-refractivity contribution in [3.8, 4) is 11.5 Å². The number of hydrogen-bond acceptors (Lipinski definition) is 3. The summed E-state index contributed by atoms with van der Waals surface area (Å²) in [5, 5.41) is 10.1. The van der Waals surface area contributed by atoms with Gasteiger partial charge in [-0.1, -0.05) is 26.3 Å². The Hall–Kier alpha value is -1.22. The second-order valence-electron chi connectivity index (χ2n) is 5.79. The van der Waals surface area contributed by atoms with Gasteiger partial charge in [-0.15, -0.1) is 0 Å². The molecule has 0 aromatic heterocycles. The molecule has 1 unspecified atom stereocenters. The van der Waals surface area contributed by atoms with Crippen LogP contribution < -0.4 is 4.74 Å². The maximum Gasteiger partial charge on any atom is 0.123 e. The molecule has 0 saturated carbocycles. The molecular weight excluding hydrogens is 250 g/mol. The molecule has 0 aliphatic carbocycles. The lowest BCUT2D eigenvalue weighted by Crippen LogP contribution is -2.34. The number of piperidine rings is 1. The van der Waals surface area contributed by atoms with E-state index in [-0.39, 0.29) is 0 Å². The van der Waals surface area contributed by atoms with E-state index in [9.17, 15) is 5.11 Å². The van der Waals surface area contributed by atoms with Crippen LogP contribution in [-0.2, 0) is 6.54 Å². The summed E-state index contributed by atoms with van der Waals surface area (Å²) >= 11 is 0. The van der Waals surface area contributed by atoms with Crippen LogP contribution in [0.1, 0.15) is 45.1 Å². The Kier molecular flexibility index (Phi) is 5.72. The van der Waals surface area contributed by atoms with Gasteiger partial charge in [-0.3, -0.25) is 4.90 Å². The molecule has 20 heavy (non-hydrogen) atoms. The topological polar surface area (TPSA) is 32.7 Å². The zero-order valence-electron chi connectivity index (χ0n) is 12.8. The highest BCUT2D eigenvalue weighted by atomic mass is 16.5. The Morgan fingerprint density at radius 3 is 2.90 bits per heavy atom. The van der Waals surface area contributed by atoms with Crippen molar-refractivity contribution in [1.82, 2.24) is 4.90 Å². The second kappa shape index (κ2) is 7.53. The molecule has 3 heteroatoms. The zero-order valence-corrected chi connectivity index (χ0v) is 12.8. The van der Waals surface area contributed by atoms with Crippen molar-refractivity contribution in [3.05, 3.63) is 23.8 Å². The molecule has 1 aliphatic heterocycles. The van der Waals surface area contributed by atoms with Gasteiger partial charge in [0.15, 0.2) is 0 Å². The van der Waals surface area contributed by atoms with E-state index in [1.54, 1.807) is 6.07 Å². The Balaban J connectivity index is 1.95. The first kappa shape index (κ1) is 15.2. The van der Waals surface area contributed by atoms with Gasteiger partial charge in [0.2, 0.25) is 0 Å². The number of likely N-dealkylation sites (tertiary alicyclic amines) is 1. The first-order valence-electron chi connectivity index (χ1n) is 7.90. The highest BCUT2D eigenvalue weighted by molar-refractivity contribution is 5.39. The standard InChI is InChI=1S/C17H27NO2/c1-3-10-20-16-8-7-15(17(19)11-16)13-18-9-5-6-14(4-2)12-18/h7-8,11,14,19H,3-6,9-10,12-13H2,1-2H3. The Bertz CT molecular complexity index is 419.